The Labute approximate surface area is 96.6 Å². The number of nitrogens with zero attached hydrogens (tertiary/aromatic N) is 2. The van der Waals surface area contributed by atoms with Gasteiger partial charge in [0.1, 0.15) is 12.6 Å². The molecule has 0 unspecified atom stereocenters. The van der Waals surface area contributed by atoms with Crippen molar-refractivity contribution in [1.29, 1.82) is 0 Å². The van der Waals surface area contributed by atoms with Gasteiger partial charge >= 0.3 is 0 Å². The van der Waals surface area contributed by atoms with Gasteiger partial charge in [0, 0.05) is 32.6 Å². The molecular formula is C11H22N3O2+. The van der Waals surface area contributed by atoms with Crippen molar-refractivity contribution in [2.24, 2.45) is 0 Å². The second kappa shape index (κ2) is 4.31. The molecule has 2 aliphatic rings. The standard InChI is InChI=1S/C11H22N3O2/c1-14(2)8-9(15)7-10(14)11(16)13-5-3-12-4-6-13/h9-10,12,15H,3-8H2,1-2H3/q+1/t9-,10+/m1/s1. The third kappa shape index (κ3) is 2.21. The Morgan fingerprint density at radius 2 is 2.00 bits per heavy atom. The van der Waals surface area contributed by atoms with Gasteiger partial charge in [-0.05, 0) is 0 Å². The van der Waals surface area contributed by atoms with Crippen molar-refractivity contribution in [3.8, 4) is 0 Å². The molecule has 0 aromatic carbocycles. The lowest BCUT2D eigenvalue weighted by Crippen LogP contribution is -2.56. The van der Waals surface area contributed by atoms with Gasteiger partial charge < -0.3 is 19.8 Å². The van der Waals surface area contributed by atoms with Gasteiger partial charge in [-0.2, -0.15) is 0 Å². The highest BCUT2D eigenvalue weighted by Crippen LogP contribution is 2.24. The van der Waals surface area contributed by atoms with E-state index in [9.17, 15) is 9.90 Å². The maximum atomic E-state index is 12.3. The number of aliphatic hydroxyl groups is 1. The van der Waals surface area contributed by atoms with Crippen LogP contribution in [0.1, 0.15) is 6.42 Å². The van der Waals surface area contributed by atoms with E-state index in [-0.39, 0.29) is 18.1 Å². The number of quaternary nitrogens is 1. The van der Waals surface area contributed by atoms with Crippen LogP contribution in [0.2, 0.25) is 0 Å². The predicted molar refractivity (Wildman–Crippen MR) is 60.8 cm³/mol. The van der Waals surface area contributed by atoms with E-state index >= 15 is 0 Å². The number of aliphatic hydroxyl groups excluding tert-OH is 1. The Morgan fingerprint density at radius 3 is 2.50 bits per heavy atom. The van der Waals surface area contributed by atoms with Gasteiger partial charge in [-0.3, -0.25) is 4.79 Å². The summed E-state index contributed by atoms with van der Waals surface area (Å²) in [5.41, 5.74) is 0. The normalized spacial score (nSPS) is 34.1. The molecule has 0 aromatic heterocycles. The summed E-state index contributed by atoms with van der Waals surface area (Å²) >= 11 is 0. The summed E-state index contributed by atoms with van der Waals surface area (Å²) in [6, 6.07) is -0.0619. The van der Waals surface area contributed by atoms with E-state index in [1.807, 2.05) is 19.0 Å². The Balaban J connectivity index is 2.03. The van der Waals surface area contributed by atoms with Crippen molar-refractivity contribution >= 4 is 5.91 Å². The number of hydrogen-bond acceptors (Lipinski definition) is 3. The molecule has 2 N–H and O–H groups in total. The minimum Gasteiger partial charge on any atom is -0.387 e. The van der Waals surface area contributed by atoms with E-state index in [0.29, 0.717) is 17.4 Å². The number of piperazine rings is 1. The maximum absolute atomic E-state index is 12.3. The number of carbonyl (C=O) groups excluding carboxylic acids is 1. The van der Waals surface area contributed by atoms with Crippen molar-refractivity contribution < 1.29 is 14.4 Å². The zero-order valence-corrected chi connectivity index (χ0v) is 10.1. The fourth-order valence-electron chi connectivity index (χ4n) is 2.78. The number of likely N-dealkylation sites (tertiary alicyclic amines) is 1. The summed E-state index contributed by atoms with van der Waals surface area (Å²) in [4.78, 5) is 14.3. The molecule has 0 aromatic rings. The molecule has 1 amide bonds. The van der Waals surface area contributed by atoms with Crippen molar-refractivity contribution in [3.63, 3.8) is 0 Å². The molecular weight excluding hydrogens is 206 g/mol. The first-order valence-corrected chi connectivity index (χ1v) is 6.01. The predicted octanol–water partition coefficient (Wildman–Crippen LogP) is -1.37. The van der Waals surface area contributed by atoms with Crippen molar-refractivity contribution in [1.82, 2.24) is 10.2 Å². The van der Waals surface area contributed by atoms with E-state index in [4.69, 9.17) is 0 Å². The Morgan fingerprint density at radius 1 is 1.38 bits per heavy atom. The molecule has 0 spiro atoms. The monoisotopic (exact) mass is 228 g/mol. The van der Waals surface area contributed by atoms with Crippen LogP contribution in [0, 0.1) is 0 Å². The highest BCUT2D eigenvalue weighted by molar-refractivity contribution is 5.81. The summed E-state index contributed by atoms with van der Waals surface area (Å²) in [7, 11) is 4.06. The molecule has 16 heavy (non-hydrogen) atoms. The number of carbonyl (C=O) groups is 1. The summed E-state index contributed by atoms with van der Waals surface area (Å²) < 4.78 is 0.615. The largest absolute Gasteiger partial charge is 0.387 e. The Hall–Kier alpha value is -0.650. The number of hydrogen-bond donors (Lipinski definition) is 2. The van der Waals surface area contributed by atoms with Gasteiger partial charge in [-0.25, -0.2) is 0 Å². The molecule has 2 heterocycles. The third-order valence-corrected chi connectivity index (χ3v) is 3.73. The van der Waals surface area contributed by atoms with Gasteiger partial charge in [-0.1, -0.05) is 0 Å². The highest BCUT2D eigenvalue weighted by Gasteiger charge is 2.46. The number of amides is 1. The average Bonchev–Trinajstić information content (AvgIpc) is 2.52. The van der Waals surface area contributed by atoms with E-state index in [1.165, 1.54) is 0 Å². The molecule has 2 aliphatic heterocycles. The Kier molecular flexibility index (Phi) is 3.19. The molecule has 0 bridgehead atoms. The summed E-state index contributed by atoms with van der Waals surface area (Å²) in [6.07, 6.45) is 0.280. The smallest absolute Gasteiger partial charge is 0.281 e. The van der Waals surface area contributed by atoms with Crippen LogP contribution >= 0.6 is 0 Å². The van der Waals surface area contributed by atoms with Crippen LogP contribution in [0.15, 0.2) is 0 Å². The lowest BCUT2D eigenvalue weighted by atomic mass is 10.1. The van der Waals surface area contributed by atoms with E-state index in [0.717, 1.165) is 26.2 Å². The maximum Gasteiger partial charge on any atom is 0.281 e. The van der Waals surface area contributed by atoms with Crippen LogP contribution in [-0.4, -0.2) is 79.4 Å². The lowest BCUT2D eigenvalue weighted by molar-refractivity contribution is -0.894. The fraction of sp³-hybridized carbons (Fsp3) is 0.909. The highest BCUT2D eigenvalue weighted by atomic mass is 16.3. The first-order chi connectivity index (χ1) is 7.50. The number of nitrogens with one attached hydrogen (secondary N) is 1. The van der Waals surface area contributed by atoms with E-state index < -0.39 is 0 Å². The van der Waals surface area contributed by atoms with E-state index in [1.54, 1.807) is 0 Å². The van der Waals surface area contributed by atoms with Gasteiger partial charge in [0.25, 0.3) is 5.91 Å². The molecule has 2 atom stereocenters. The minimum atomic E-state index is -0.327. The minimum absolute atomic E-state index is 0.0619. The van der Waals surface area contributed by atoms with Crippen LogP contribution < -0.4 is 5.32 Å². The molecule has 5 heteroatoms. The Bertz CT molecular complexity index is 274. The molecule has 2 saturated heterocycles. The first kappa shape index (κ1) is 11.8. The molecule has 2 rings (SSSR count). The van der Waals surface area contributed by atoms with Crippen molar-refractivity contribution in [2.75, 3.05) is 46.8 Å². The lowest BCUT2D eigenvalue weighted by Gasteiger charge is -2.35. The van der Waals surface area contributed by atoms with E-state index in [2.05, 4.69) is 5.32 Å². The second-order valence-corrected chi connectivity index (χ2v) is 5.44. The second-order valence-electron chi connectivity index (χ2n) is 5.44. The number of likely N-dealkylation sites (N-methyl/N-ethyl adjacent to an activating group) is 1. The quantitative estimate of drug-likeness (QED) is 0.544. The molecule has 2 fully saturated rings. The van der Waals surface area contributed by atoms with Crippen molar-refractivity contribution in [2.45, 2.75) is 18.6 Å². The molecule has 0 aliphatic carbocycles. The molecule has 0 saturated carbocycles. The van der Waals surface area contributed by atoms with Crippen LogP contribution in [0.5, 0.6) is 0 Å². The summed E-state index contributed by atoms with van der Waals surface area (Å²) in [5, 5.41) is 12.9. The number of rotatable bonds is 1. The SMILES string of the molecule is C[N+]1(C)C[C@H](O)C[C@H]1C(=O)N1CCNCC1. The van der Waals surface area contributed by atoms with Gasteiger partial charge in [-0.15, -0.1) is 0 Å². The fourth-order valence-corrected chi connectivity index (χ4v) is 2.78. The van der Waals surface area contributed by atoms with Crippen LogP contribution in [0.3, 0.4) is 0 Å². The summed E-state index contributed by atoms with van der Waals surface area (Å²) in [5.74, 6) is 0.211. The average molecular weight is 228 g/mol. The molecule has 0 radical (unpaired) electrons. The molecule has 5 nitrogen and oxygen atoms in total. The van der Waals surface area contributed by atoms with Crippen LogP contribution in [-0.2, 0) is 4.79 Å². The first-order valence-electron chi connectivity index (χ1n) is 6.01. The van der Waals surface area contributed by atoms with Gasteiger partial charge in [0.05, 0.1) is 14.1 Å². The van der Waals surface area contributed by atoms with Crippen LogP contribution in [0.25, 0.3) is 0 Å². The van der Waals surface area contributed by atoms with Gasteiger partial charge in [0.2, 0.25) is 0 Å². The topological polar surface area (TPSA) is 52.6 Å². The van der Waals surface area contributed by atoms with Gasteiger partial charge in [0.15, 0.2) is 6.04 Å². The summed E-state index contributed by atoms with van der Waals surface area (Å²) in [6.45, 7) is 4.04. The zero-order valence-electron chi connectivity index (χ0n) is 10.1. The van der Waals surface area contributed by atoms with Crippen LogP contribution in [0.4, 0.5) is 0 Å². The van der Waals surface area contributed by atoms with Crippen molar-refractivity contribution in [3.05, 3.63) is 0 Å². The third-order valence-electron chi connectivity index (χ3n) is 3.73. The zero-order chi connectivity index (χ0) is 11.8. The molecule has 92 valence electrons.